The van der Waals surface area contributed by atoms with Crippen LogP contribution in [-0.4, -0.2) is 21.1 Å². The molecule has 5 nitrogen and oxygen atoms in total. The van der Waals surface area contributed by atoms with Gasteiger partial charge in [0.1, 0.15) is 12.2 Å². The maximum absolute atomic E-state index is 10.5. The number of terminal acetylenes is 1. The molecule has 1 aromatic rings. The SMILES string of the molecule is C#CC(=O)NCc1ncn[nH]1. The van der Waals surface area contributed by atoms with Crippen molar-refractivity contribution in [1.82, 2.24) is 20.5 Å². The van der Waals surface area contributed by atoms with Gasteiger partial charge in [-0.25, -0.2) is 4.98 Å². The number of rotatable bonds is 2. The largest absolute Gasteiger partial charge is 0.338 e. The van der Waals surface area contributed by atoms with Crippen molar-refractivity contribution in [3.8, 4) is 12.3 Å². The van der Waals surface area contributed by atoms with Crippen molar-refractivity contribution in [3.63, 3.8) is 0 Å². The average Bonchev–Trinajstić information content (AvgIpc) is 2.52. The highest BCUT2D eigenvalue weighted by atomic mass is 16.1. The monoisotopic (exact) mass is 150 g/mol. The minimum atomic E-state index is -0.457. The molecule has 0 unspecified atom stereocenters. The number of nitrogens with zero attached hydrogens (tertiary/aromatic N) is 2. The highest BCUT2D eigenvalue weighted by Gasteiger charge is 1.96. The van der Waals surface area contributed by atoms with Gasteiger partial charge in [-0.1, -0.05) is 0 Å². The highest BCUT2D eigenvalue weighted by Crippen LogP contribution is 1.82. The molecule has 0 aliphatic carbocycles. The van der Waals surface area contributed by atoms with Gasteiger partial charge in [-0.3, -0.25) is 9.89 Å². The van der Waals surface area contributed by atoms with Crippen LogP contribution in [0.2, 0.25) is 0 Å². The molecule has 0 atom stereocenters. The zero-order valence-electron chi connectivity index (χ0n) is 5.66. The third-order valence-corrected chi connectivity index (χ3v) is 1.01. The zero-order chi connectivity index (χ0) is 8.10. The van der Waals surface area contributed by atoms with Crippen LogP contribution in [0.5, 0.6) is 0 Å². The van der Waals surface area contributed by atoms with Gasteiger partial charge in [0, 0.05) is 0 Å². The second-order valence-corrected chi connectivity index (χ2v) is 1.76. The molecule has 1 heterocycles. The quantitative estimate of drug-likeness (QED) is 0.534. The van der Waals surface area contributed by atoms with E-state index in [4.69, 9.17) is 6.42 Å². The van der Waals surface area contributed by atoms with E-state index in [0.717, 1.165) is 0 Å². The molecule has 0 saturated heterocycles. The zero-order valence-corrected chi connectivity index (χ0v) is 5.66. The lowest BCUT2D eigenvalue weighted by atomic mass is 10.5. The Bertz CT molecular complexity index is 271. The smallest absolute Gasteiger partial charge is 0.296 e. The van der Waals surface area contributed by atoms with Crippen molar-refractivity contribution in [3.05, 3.63) is 12.2 Å². The first kappa shape index (κ1) is 7.28. The summed E-state index contributed by atoms with van der Waals surface area (Å²) in [4.78, 5) is 14.3. The molecule has 0 fully saturated rings. The Kier molecular flexibility index (Phi) is 2.23. The van der Waals surface area contributed by atoms with Gasteiger partial charge in [0.15, 0.2) is 0 Å². The Morgan fingerprint density at radius 2 is 2.73 bits per heavy atom. The van der Waals surface area contributed by atoms with E-state index in [-0.39, 0.29) is 6.54 Å². The van der Waals surface area contributed by atoms with Gasteiger partial charge >= 0.3 is 0 Å². The van der Waals surface area contributed by atoms with Crippen molar-refractivity contribution < 1.29 is 4.79 Å². The summed E-state index contributed by atoms with van der Waals surface area (Å²) in [5, 5.41) is 8.58. The van der Waals surface area contributed by atoms with Gasteiger partial charge < -0.3 is 5.32 Å². The lowest BCUT2D eigenvalue weighted by Gasteiger charge is -1.94. The number of carbonyl (C=O) groups is 1. The van der Waals surface area contributed by atoms with Crippen LogP contribution in [0.15, 0.2) is 6.33 Å². The Hall–Kier alpha value is -1.83. The molecule has 2 N–H and O–H groups in total. The number of aromatic nitrogens is 3. The van der Waals surface area contributed by atoms with E-state index in [1.807, 2.05) is 5.92 Å². The second-order valence-electron chi connectivity index (χ2n) is 1.76. The molecule has 0 spiro atoms. The van der Waals surface area contributed by atoms with Crippen molar-refractivity contribution in [2.75, 3.05) is 0 Å². The predicted molar refractivity (Wildman–Crippen MR) is 37.1 cm³/mol. The van der Waals surface area contributed by atoms with Crippen LogP contribution in [0.25, 0.3) is 0 Å². The molecule has 1 rings (SSSR count). The van der Waals surface area contributed by atoms with Crippen LogP contribution in [0.1, 0.15) is 5.82 Å². The number of carbonyl (C=O) groups excluding carboxylic acids is 1. The van der Waals surface area contributed by atoms with E-state index < -0.39 is 5.91 Å². The lowest BCUT2D eigenvalue weighted by Crippen LogP contribution is -2.21. The highest BCUT2D eigenvalue weighted by molar-refractivity contribution is 5.92. The van der Waals surface area contributed by atoms with Gasteiger partial charge in [-0.15, -0.1) is 6.42 Å². The molecule has 0 radical (unpaired) electrons. The number of hydrogen-bond donors (Lipinski definition) is 2. The number of amides is 1. The summed E-state index contributed by atoms with van der Waals surface area (Å²) >= 11 is 0. The number of hydrogen-bond acceptors (Lipinski definition) is 3. The minimum Gasteiger partial charge on any atom is -0.338 e. The first-order chi connectivity index (χ1) is 5.33. The van der Waals surface area contributed by atoms with Crippen LogP contribution in [0, 0.1) is 12.3 Å². The summed E-state index contributed by atoms with van der Waals surface area (Å²) in [6.07, 6.45) is 6.16. The summed E-state index contributed by atoms with van der Waals surface area (Å²) in [5.74, 6) is 2.04. The first-order valence-electron chi connectivity index (χ1n) is 2.91. The molecule has 0 bridgehead atoms. The fraction of sp³-hybridized carbons (Fsp3) is 0.167. The third-order valence-electron chi connectivity index (χ3n) is 1.01. The van der Waals surface area contributed by atoms with Crippen molar-refractivity contribution in [2.24, 2.45) is 0 Å². The number of aromatic amines is 1. The van der Waals surface area contributed by atoms with Crippen LogP contribution in [-0.2, 0) is 11.3 Å². The van der Waals surface area contributed by atoms with Crippen LogP contribution >= 0.6 is 0 Å². The molecule has 0 aromatic carbocycles. The molecule has 0 aliphatic heterocycles. The van der Waals surface area contributed by atoms with E-state index in [9.17, 15) is 4.79 Å². The summed E-state index contributed by atoms with van der Waals surface area (Å²) in [7, 11) is 0. The molecule has 56 valence electrons. The summed E-state index contributed by atoms with van der Waals surface area (Å²) in [6.45, 7) is 0.281. The van der Waals surface area contributed by atoms with E-state index in [0.29, 0.717) is 5.82 Å². The molecule has 5 heteroatoms. The maximum atomic E-state index is 10.5. The Morgan fingerprint density at radius 3 is 3.27 bits per heavy atom. The molecule has 0 aliphatic rings. The lowest BCUT2D eigenvalue weighted by molar-refractivity contribution is -0.115. The van der Waals surface area contributed by atoms with Crippen LogP contribution in [0.3, 0.4) is 0 Å². The van der Waals surface area contributed by atoms with Crippen molar-refractivity contribution in [2.45, 2.75) is 6.54 Å². The minimum absolute atomic E-state index is 0.281. The van der Waals surface area contributed by atoms with Crippen molar-refractivity contribution >= 4 is 5.91 Å². The molecule has 0 saturated carbocycles. The van der Waals surface area contributed by atoms with Gasteiger partial charge in [0.05, 0.1) is 6.54 Å². The van der Waals surface area contributed by atoms with Crippen LogP contribution < -0.4 is 5.32 Å². The summed E-state index contributed by atoms with van der Waals surface area (Å²) in [5.41, 5.74) is 0. The van der Waals surface area contributed by atoms with E-state index in [1.165, 1.54) is 6.33 Å². The molecular formula is C6H6N4O. The standard InChI is InChI=1S/C6H6N4O/c1-2-6(11)7-3-5-8-4-9-10-5/h1,4H,3H2,(H,7,11)(H,8,9,10). The van der Waals surface area contributed by atoms with Gasteiger partial charge in [0.2, 0.25) is 0 Å². The second kappa shape index (κ2) is 3.37. The van der Waals surface area contributed by atoms with E-state index in [1.54, 1.807) is 0 Å². The fourth-order valence-corrected chi connectivity index (χ4v) is 0.531. The molecule has 11 heavy (non-hydrogen) atoms. The normalized spacial score (nSPS) is 8.64. The van der Waals surface area contributed by atoms with Gasteiger partial charge in [-0.05, 0) is 5.92 Å². The Morgan fingerprint density at radius 1 is 1.91 bits per heavy atom. The Labute approximate surface area is 63.2 Å². The molecule has 1 amide bonds. The third kappa shape index (κ3) is 2.10. The molecular weight excluding hydrogens is 144 g/mol. The predicted octanol–water partition coefficient (Wildman–Crippen LogP) is -0.946. The first-order valence-corrected chi connectivity index (χ1v) is 2.91. The number of H-pyrrole nitrogens is 1. The van der Waals surface area contributed by atoms with Gasteiger partial charge in [-0.2, -0.15) is 5.10 Å². The summed E-state index contributed by atoms with van der Waals surface area (Å²) in [6, 6.07) is 0. The van der Waals surface area contributed by atoms with E-state index in [2.05, 4.69) is 20.5 Å². The fourth-order valence-electron chi connectivity index (χ4n) is 0.531. The summed E-state index contributed by atoms with van der Waals surface area (Å²) < 4.78 is 0. The van der Waals surface area contributed by atoms with Gasteiger partial charge in [0.25, 0.3) is 5.91 Å². The topological polar surface area (TPSA) is 70.7 Å². The maximum Gasteiger partial charge on any atom is 0.296 e. The van der Waals surface area contributed by atoms with E-state index >= 15 is 0 Å². The Balaban J connectivity index is 2.36. The number of nitrogens with one attached hydrogen (secondary N) is 2. The molecule has 1 aromatic heterocycles. The van der Waals surface area contributed by atoms with Crippen molar-refractivity contribution in [1.29, 1.82) is 0 Å². The van der Waals surface area contributed by atoms with Crippen LogP contribution in [0.4, 0.5) is 0 Å². The average molecular weight is 150 g/mol.